The minimum atomic E-state index is 0. The Labute approximate surface area is 115 Å². The molecule has 0 atom stereocenters. The fourth-order valence-corrected chi connectivity index (χ4v) is 1.72. The Kier molecular flexibility index (Phi) is 6.20. The molecule has 2 N–H and O–H groups in total. The van der Waals surface area contributed by atoms with Gasteiger partial charge in [0.25, 0.3) is 0 Å². The molecular weight excluding hydrogens is 242 g/mol. The van der Waals surface area contributed by atoms with Crippen molar-refractivity contribution in [3.8, 4) is 0 Å². The van der Waals surface area contributed by atoms with Gasteiger partial charge in [-0.3, -0.25) is 0 Å². The van der Waals surface area contributed by atoms with Crippen molar-refractivity contribution in [1.82, 2.24) is 0 Å². The van der Waals surface area contributed by atoms with Gasteiger partial charge in [0.2, 0.25) is 0 Å². The topological polar surface area (TPSA) is 26.0 Å². The molecule has 0 aromatic heterocycles. The Morgan fingerprint density at radius 2 is 1.33 bits per heavy atom. The molecule has 0 aliphatic heterocycles. The summed E-state index contributed by atoms with van der Waals surface area (Å²) in [5.41, 5.74) is 9.25. The zero-order valence-electron chi connectivity index (χ0n) is 10.3. The molecular formula is C16H18ClN. The van der Waals surface area contributed by atoms with Crippen molar-refractivity contribution in [3.05, 3.63) is 71.3 Å². The summed E-state index contributed by atoms with van der Waals surface area (Å²) in [5.74, 6) is 0. The summed E-state index contributed by atoms with van der Waals surface area (Å²) in [6, 6.07) is 18.8. The first-order valence-corrected chi connectivity index (χ1v) is 5.90. The summed E-state index contributed by atoms with van der Waals surface area (Å²) in [6.07, 6.45) is 5.20. The number of halogens is 1. The maximum absolute atomic E-state index is 5.52. The van der Waals surface area contributed by atoms with E-state index in [-0.39, 0.29) is 12.4 Å². The molecule has 1 nitrogen and oxygen atoms in total. The summed E-state index contributed by atoms with van der Waals surface area (Å²) >= 11 is 0. The number of benzene rings is 2. The maximum atomic E-state index is 5.52. The van der Waals surface area contributed by atoms with Crippen LogP contribution < -0.4 is 5.73 Å². The first-order chi connectivity index (χ1) is 8.38. The molecule has 18 heavy (non-hydrogen) atoms. The summed E-state index contributed by atoms with van der Waals surface area (Å²) in [7, 11) is 0. The lowest BCUT2D eigenvalue weighted by Gasteiger charge is -1.99. The van der Waals surface area contributed by atoms with Gasteiger partial charge in [0.1, 0.15) is 0 Å². The number of nitrogens with two attached hydrogens (primary N) is 1. The smallest absolute Gasteiger partial charge is 0.00367 e. The van der Waals surface area contributed by atoms with Crippen LogP contribution in [-0.4, -0.2) is 6.54 Å². The summed E-state index contributed by atoms with van der Waals surface area (Å²) in [5, 5.41) is 0. The fraction of sp³-hybridized carbons (Fsp3) is 0.125. The third-order valence-electron chi connectivity index (χ3n) is 2.68. The quantitative estimate of drug-likeness (QED) is 0.831. The lowest BCUT2D eigenvalue weighted by Crippen LogP contribution is -2.02. The van der Waals surface area contributed by atoms with Gasteiger partial charge in [0.15, 0.2) is 0 Å². The van der Waals surface area contributed by atoms with Crippen LogP contribution in [-0.2, 0) is 6.42 Å². The molecule has 0 aliphatic rings. The van der Waals surface area contributed by atoms with E-state index in [2.05, 4.69) is 48.6 Å². The predicted molar refractivity (Wildman–Crippen MR) is 81.8 cm³/mol. The molecule has 2 rings (SSSR count). The van der Waals surface area contributed by atoms with E-state index in [9.17, 15) is 0 Å². The monoisotopic (exact) mass is 259 g/mol. The van der Waals surface area contributed by atoms with Gasteiger partial charge < -0.3 is 5.73 Å². The average Bonchev–Trinajstić information content (AvgIpc) is 2.40. The lowest BCUT2D eigenvalue weighted by molar-refractivity contribution is 0.969. The molecule has 0 spiro atoms. The van der Waals surface area contributed by atoms with Crippen LogP contribution in [0.4, 0.5) is 0 Å². The summed E-state index contributed by atoms with van der Waals surface area (Å²) in [4.78, 5) is 0. The van der Waals surface area contributed by atoms with Crippen LogP contribution in [0.1, 0.15) is 16.7 Å². The minimum Gasteiger partial charge on any atom is -0.330 e. The molecule has 0 heterocycles. The fourth-order valence-electron chi connectivity index (χ4n) is 1.72. The molecule has 0 radical (unpaired) electrons. The van der Waals surface area contributed by atoms with Gasteiger partial charge in [0.05, 0.1) is 0 Å². The number of hydrogen-bond donors (Lipinski definition) is 1. The van der Waals surface area contributed by atoms with Gasteiger partial charge in [-0.05, 0) is 29.7 Å². The maximum Gasteiger partial charge on any atom is -0.00367 e. The molecule has 2 aromatic carbocycles. The second kappa shape index (κ2) is 7.70. The van der Waals surface area contributed by atoms with Gasteiger partial charge in [-0.15, -0.1) is 12.4 Å². The van der Waals surface area contributed by atoms with Gasteiger partial charge >= 0.3 is 0 Å². The Hall–Kier alpha value is -1.57. The van der Waals surface area contributed by atoms with E-state index in [1.807, 2.05) is 18.2 Å². The number of rotatable bonds is 4. The molecule has 0 saturated carbocycles. The molecule has 94 valence electrons. The van der Waals surface area contributed by atoms with Crippen molar-refractivity contribution < 1.29 is 0 Å². The standard InChI is InChI=1S/C16H17N.ClH/c17-13-12-16-10-8-15(9-11-16)7-6-14-4-2-1-3-5-14;/h1-11H,12-13,17H2;1H/b7-6+;. The zero-order valence-corrected chi connectivity index (χ0v) is 11.1. The molecule has 0 unspecified atom stereocenters. The Bertz CT molecular complexity index is 474. The van der Waals surface area contributed by atoms with Crippen LogP contribution in [0, 0.1) is 0 Å². The van der Waals surface area contributed by atoms with Crippen LogP contribution in [0.5, 0.6) is 0 Å². The molecule has 0 amide bonds. The van der Waals surface area contributed by atoms with Crippen molar-refractivity contribution in [2.75, 3.05) is 6.54 Å². The van der Waals surface area contributed by atoms with Crippen molar-refractivity contribution in [3.63, 3.8) is 0 Å². The minimum absolute atomic E-state index is 0. The van der Waals surface area contributed by atoms with E-state index in [1.165, 1.54) is 16.7 Å². The molecule has 0 aliphatic carbocycles. The van der Waals surface area contributed by atoms with Gasteiger partial charge in [0, 0.05) is 0 Å². The van der Waals surface area contributed by atoms with Crippen molar-refractivity contribution in [2.24, 2.45) is 5.73 Å². The average molecular weight is 260 g/mol. The van der Waals surface area contributed by atoms with E-state index < -0.39 is 0 Å². The van der Waals surface area contributed by atoms with Crippen molar-refractivity contribution in [1.29, 1.82) is 0 Å². The van der Waals surface area contributed by atoms with Crippen LogP contribution in [0.25, 0.3) is 12.2 Å². The van der Waals surface area contributed by atoms with Gasteiger partial charge in [-0.1, -0.05) is 66.7 Å². The van der Waals surface area contributed by atoms with E-state index in [4.69, 9.17) is 5.73 Å². The van der Waals surface area contributed by atoms with Gasteiger partial charge in [-0.2, -0.15) is 0 Å². The molecule has 0 fully saturated rings. The van der Waals surface area contributed by atoms with E-state index in [0.29, 0.717) is 6.54 Å². The SMILES string of the molecule is Cl.NCCc1ccc(/C=C/c2ccccc2)cc1. The van der Waals surface area contributed by atoms with Crippen LogP contribution in [0.3, 0.4) is 0 Å². The summed E-state index contributed by atoms with van der Waals surface area (Å²) in [6.45, 7) is 0.708. The highest BCUT2D eigenvalue weighted by atomic mass is 35.5. The van der Waals surface area contributed by atoms with Crippen LogP contribution in [0.2, 0.25) is 0 Å². The van der Waals surface area contributed by atoms with Crippen LogP contribution >= 0.6 is 12.4 Å². The molecule has 0 bridgehead atoms. The lowest BCUT2D eigenvalue weighted by atomic mass is 10.1. The van der Waals surface area contributed by atoms with E-state index >= 15 is 0 Å². The highest BCUT2D eigenvalue weighted by Gasteiger charge is 1.91. The highest BCUT2D eigenvalue weighted by Crippen LogP contribution is 2.09. The van der Waals surface area contributed by atoms with E-state index in [1.54, 1.807) is 0 Å². The molecule has 2 heteroatoms. The third-order valence-corrected chi connectivity index (χ3v) is 2.68. The highest BCUT2D eigenvalue weighted by molar-refractivity contribution is 5.85. The van der Waals surface area contributed by atoms with Gasteiger partial charge in [-0.25, -0.2) is 0 Å². The third kappa shape index (κ3) is 4.36. The normalized spacial score (nSPS) is 10.3. The second-order valence-corrected chi connectivity index (χ2v) is 4.02. The Balaban J connectivity index is 0.00000162. The molecule has 2 aromatic rings. The van der Waals surface area contributed by atoms with Crippen molar-refractivity contribution >= 4 is 24.6 Å². The largest absolute Gasteiger partial charge is 0.330 e. The predicted octanol–water partition coefficient (Wildman–Crippen LogP) is 3.78. The zero-order chi connectivity index (χ0) is 11.9. The Morgan fingerprint density at radius 3 is 1.89 bits per heavy atom. The van der Waals surface area contributed by atoms with Crippen molar-refractivity contribution in [2.45, 2.75) is 6.42 Å². The number of hydrogen-bond acceptors (Lipinski definition) is 1. The molecule has 0 saturated heterocycles. The van der Waals surface area contributed by atoms with E-state index in [0.717, 1.165) is 6.42 Å². The first kappa shape index (κ1) is 14.5. The second-order valence-electron chi connectivity index (χ2n) is 4.02. The Morgan fingerprint density at radius 1 is 0.778 bits per heavy atom. The summed E-state index contributed by atoms with van der Waals surface area (Å²) < 4.78 is 0. The van der Waals surface area contributed by atoms with Crippen LogP contribution in [0.15, 0.2) is 54.6 Å². The first-order valence-electron chi connectivity index (χ1n) is 5.90.